The highest BCUT2D eigenvalue weighted by atomic mass is 35.5. The van der Waals surface area contributed by atoms with Gasteiger partial charge in [-0.3, -0.25) is 4.79 Å². The van der Waals surface area contributed by atoms with Gasteiger partial charge in [-0.2, -0.15) is 11.8 Å². The Morgan fingerprint density at radius 2 is 1.58 bits per heavy atom. The molecule has 0 aliphatic rings. The Bertz CT molecular complexity index is 895. The largest absolute Gasteiger partial charge is 0.507 e. The van der Waals surface area contributed by atoms with Gasteiger partial charge < -0.3 is 10.4 Å². The van der Waals surface area contributed by atoms with E-state index >= 15 is 0 Å². The molecule has 1 amide bonds. The first-order chi connectivity index (χ1) is 14.3. The molecular weight excluding hydrogens is 449 g/mol. The van der Waals surface area contributed by atoms with Crippen LogP contribution in [0, 0.1) is 0 Å². The molecule has 0 saturated carbocycles. The predicted molar refractivity (Wildman–Crippen MR) is 136 cm³/mol. The number of aryl methyl sites for hydroxylation is 1. The average Bonchev–Trinajstić information content (AvgIpc) is 2.63. The number of benzene rings is 2. The molecular formula is C25H33Cl2NO2S. The van der Waals surface area contributed by atoms with Crippen molar-refractivity contribution in [3.05, 3.63) is 57.1 Å². The highest BCUT2D eigenvalue weighted by molar-refractivity contribution is 7.99. The van der Waals surface area contributed by atoms with Crippen molar-refractivity contribution in [1.82, 2.24) is 0 Å². The summed E-state index contributed by atoms with van der Waals surface area (Å²) < 4.78 is 0. The van der Waals surface area contributed by atoms with Gasteiger partial charge in [0.25, 0.3) is 0 Å². The quantitative estimate of drug-likeness (QED) is 0.400. The fourth-order valence-corrected chi connectivity index (χ4v) is 4.51. The van der Waals surface area contributed by atoms with E-state index < -0.39 is 0 Å². The van der Waals surface area contributed by atoms with Crippen LogP contribution in [0.1, 0.15) is 64.7 Å². The number of carbonyl (C=O) groups excluding carboxylic acids is 1. The molecule has 6 heteroatoms. The SMILES string of the molecule is CC(C)(C)c1cc(CCCSCC(=O)Nc2ccc(Cl)cc2Cl)cc(C(C)(C)C)c1O. The summed E-state index contributed by atoms with van der Waals surface area (Å²) in [5.74, 6) is 1.58. The van der Waals surface area contributed by atoms with Gasteiger partial charge in [0, 0.05) is 5.02 Å². The molecule has 3 nitrogen and oxygen atoms in total. The molecule has 170 valence electrons. The molecule has 31 heavy (non-hydrogen) atoms. The van der Waals surface area contributed by atoms with Crippen molar-refractivity contribution in [2.45, 2.75) is 65.2 Å². The number of carbonyl (C=O) groups is 1. The summed E-state index contributed by atoms with van der Waals surface area (Å²) in [6.07, 6.45) is 1.86. The van der Waals surface area contributed by atoms with Gasteiger partial charge in [-0.1, -0.05) is 76.9 Å². The topological polar surface area (TPSA) is 49.3 Å². The molecule has 0 aliphatic heterocycles. The van der Waals surface area contributed by atoms with Crippen LogP contribution in [0.5, 0.6) is 5.75 Å². The summed E-state index contributed by atoms with van der Waals surface area (Å²) in [6, 6.07) is 9.28. The van der Waals surface area contributed by atoms with Gasteiger partial charge in [-0.25, -0.2) is 0 Å². The van der Waals surface area contributed by atoms with E-state index in [1.54, 1.807) is 30.0 Å². The third-order valence-corrected chi connectivity index (χ3v) is 6.57. The lowest BCUT2D eigenvalue weighted by molar-refractivity contribution is -0.113. The Labute approximate surface area is 200 Å². The zero-order valence-corrected chi connectivity index (χ0v) is 21.6. The maximum atomic E-state index is 12.2. The Hall–Kier alpha value is -1.36. The van der Waals surface area contributed by atoms with Crippen LogP contribution < -0.4 is 5.32 Å². The zero-order chi connectivity index (χ0) is 23.4. The normalized spacial score (nSPS) is 12.1. The van der Waals surface area contributed by atoms with E-state index in [-0.39, 0.29) is 16.7 Å². The third kappa shape index (κ3) is 7.62. The van der Waals surface area contributed by atoms with Crippen molar-refractivity contribution < 1.29 is 9.90 Å². The lowest BCUT2D eigenvalue weighted by Gasteiger charge is -2.28. The zero-order valence-electron chi connectivity index (χ0n) is 19.2. The number of phenolic OH excluding ortho intramolecular Hbond substituents is 1. The summed E-state index contributed by atoms with van der Waals surface area (Å²) in [4.78, 5) is 12.2. The van der Waals surface area contributed by atoms with Gasteiger partial charge in [0.2, 0.25) is 5.91 Å². The minimum absolute atomic E-state index is 0.0797. The van der Waals surface area contributed by atoms with Gasteiger partial charge in [0.05, 0.1) is 16.5 Å². The Kier molecular flexibility index (Phi) is 8.77. The number of aromatic hydroxyl groups is 1. The van der Waals surface area contributed by atoms with Crippen molar-refractivity contribution in [1.29, 1.82) is 0 Å². The summed E-state index contributed by atoms with van der Waals surface area (Å²) in [7, 11) is 0. The molecule has 0 atom stereocenters. The summed E-state index contributed by atoms with van der Waals surface area (Å²) in [5, 5.41) is 14.6. The molecule has 2 aromatic carbocycles. The van der Waals surface area contributed by atoms with Crippen LogP contribution in [0.15, 0.2) is 30.3 Å². The monoisotopic (exact) mass is 481 g/mol. The number of amides is 1. The van der Waals surface area contributed by atoms with Crippen LogP contribution in [0.2, 0.25) is 10.0 Å². The van der Waals surface area contributed by atoms with E-state index in [0.717, 1.165) is 29.7 Å². The van der Waals surface area contributed by atoms with Gasteiger partial charge in [-0.05, 0) is 64.3 Å². The number of halogens is 2. The second-order valence-electron chi connectivity index (χ2n) is 9.87. The van der Waals surface area contributed by atoms with Gasteiger partial charge in [0.1, 0.15) is 5.75 Å². The second-order valence-corrected chi connectivity index (χ2v) is 11.8. The number of hydrogen-bond donors (Lipinski definition) is 2. The molecule has 0 saturated heterocycles. The highest BCUT2D eigenvalue weighted by Crippen LogP contribution is 2.40. The number of hydrogen-bond acceptors (Lipinski definition) is 3. The number of phenols is 1. The molecule has 0 aromatic heterocycles. The van der Waals surface area contributed by atoms with Crippen LogP contribution in [-0.2, 0) is 22.0 Å². The molecule has 0 aliphatic carbocycles. The molecule has 0 fully saturated rings. The maximum Gasteiger partial charge on any atom is 0.234 e. The van der Waals surface area contributed by atoms with E-state index in [1.807, 2.05) is 0 Å². The molecule has 2 aromatic rings. The number of thioether (sulfide) groups is 1. The molecule has 0 radical (unpaired) electrons. The van der Waals surface area contributed by atoms with E-state index in [0.29, 0.717) is 27.2 Å². The van der Waals surface area contributed by atoms with E-state index in [9.17, 15) is 9.90 Å². The summed E-state index contributed by atoms with van der Waals surface area (Å²) in [5.41, 5.74) is 3.52. The van der Waals surface area contributed by atoms with E-state index in [2.05, 4.69) is 59.0 Å². The molecule has 0 spiro atoms. The number of anilines is 1. The van der Waals surface area contributed by atoms with Crippen molar-refractivity contribution in [3.63, 3.8) is 0 Å². The van der Waals surface area contributed by atoms with Gasteiger partial charge in [0.15, 0.2) is 0 Å². The predicted octanol–water partition coefficient (Wildman–Crippen LogP) is 7.60. The summed E-state index contributed by atoms with van der Waals surface area (Å²) >= 11 is 13.6. The maximum absolute atomic E-state index is 12.2. The molecule has 0 heterocycles. The molecule has 2 N–H and O–H groups in total. The second kappa shape index (κ2) is 10.5. The Morgan fingerprint density at radius 1 is 1.00 bits per heavy atom. The smallest absolute Gasteiger partial charge is 0.234 e. The van der Waals surface area contributed by atoms with Crippen molar-refractivity contribution in [3.8, 4) is 5.75 Å². The van der Waals surface area contributed by atoms with Crippen LogP contribution in [0.4, 0.5) is 5.69 Å². The van der Waals surface area contributed by atoms with E-state index in [4.69, 9.17) is 23.2 Å². The van der Waals surface area contributed by atoms with Crippen LogP contribution >= 0.6 is 35.0 Å². The van der Waals surface area contributed by atoms with Crippen LogP contribution in [0.3, 0.4) is 0 Å². The van der Waals surface area contributed by atoms with Crippen LogP contribution in [0.25, 0.3) is 0 Å². The lowest BCUT2D eigenvalue weighted by Crippen LogP contribution is -2.18. The highest BCUT2D eigenvalue weighted by Gasteiger charge is 2.26. The fourth-order valence-electron chi connectivity index (χ4n) is 3.30. The third-order valence-electron chi connectivity index (χ3n) is 4.98. The van der Waals surface area contributed by atoms with Crippen molar-refractivity contribution in [2.24, 2.45) is 0 Å². The Morgan fingerprint density at radius 3 is 2.10 bits per heavy atom. The first-order valence-electron chi connectivity index (χ1n) is 10.5. The minimum atomic E-state index is -0.129. The first-order valence-corrected chi connectivity index (χ1v) is 12.4. The fraction of sp³-hybridized carbons (Fsp3) is 0.480. The summed E-state index contributed by atoms with van der Waals surface area (Å²) in [6.45, 7) is 12.7. The Balaban J connectivity index is 1.92. The average molecular weight is 483 g/mol. The lowest BCUT2D eigenvalue weighted by atomic mass is 9.78. The van der Waals surface area contributed by atoms with E-state index in [1.165, 1.54) is 5.56 Å². The minimum Gasteiger partial charge on any atom is -0.507 e. The molecule has 0 unspecified atom stereocenters. The van der Waals surface area contributed by atoms with Crippen molar-refractivity contribution >= 4 is 46.6 Å². The molecule has 2 rings (SSSR count). The number of rotatable bonds is 7. The molecule has 0 bridgehead atoms. The van der Waals surface area contributed by atoms with Gasteiger partial charge in [-0.15, -0.1) is 0 Å². The van der Waals surface area contributed by atoms with Gasteiger partial charge >= 0.3 is 0 Å². The van der Waals surface area contributed by atoms with Crippen LogP contribution in [-0.4, -0.2) is 22.5 Å². The number of nitrogens with one attached hydrogen (secondary N) is 1. The first kappa shape index (κ1) is 25.9. The van der Waals surface area contributed by atoms with Crippen molar-refractivity contribution in [2.75, 3.05) is 16.8 Å². The standard InChI is InChI=1S/C25H33Cl2NO2S/c1-24(2,3)18-12-16(13-19(23(18)30)25(4,5)6)8-7-11-31-15-22(29)28-21-10-9-17(26)14-20(21)27/h9-10,12-14,30H,7-8,11,15H2,1-6H3,(H,28,29).